The highest BCUT2D eigenvalue weighted by molar-refractivity contribution is 6.28. The summed E-state index contributed by atoms with van der Waals surface area (Å²) in [6.45, 7) is 2.26. The van der Waals surface area contributed by atoms with E-state index in [1.165, 1.54) is 0 Å². The van der Waals surface area contributed by atoms with Gasteiger partial charge in [0.2, 0.25) is 5.28 Å². The summed E-state index contributed by atoms with van der Waals surface area (Å²) < 4.78 is 7.13. The number of carbonyl (C=O) groups is 1. The van der Waals surface area contributed by atoms with Crippen molar-refractivity contribution in [3.63, 3.8) is 0 Å². The van der Waals surface area contributed by atoms with Gasteiger partial charge in [-0.25, -0.2) is 9.97 Å². The lowest BCUT2D eigenvalue weighted by Crippen LogP contribution is -2.52. The van der Waals surface area contributed by atoms with Gasteiger partial charge < -0.3 is 10.1 Å². The largest absolute Gasteiger partial charge is 0.466 e. The number of ether oxygens (including phenoxy) is 1. The number of aromatic nitrogens is 4. The summed E-state index contributed by atoms with van der Waals surface area (Å²) in [5, 5.41) is 3.63. The Hall–Kier alpha value is -2.15. The smallest absolute Gasteiger partial charge is 0.311 e. The van der Waals surface area contributed by atoms with Crippen molar-refractivity contribution in [2.24, 2.45) is 17.8 Å². The van der Waals surface area contributed by atoms with Crippen LogP contribution in [-0.2, 0) is 9.53 Å². The van der Waals surface area contributed by atoms with E-state index in [1.54, 1.807) is 23.3 Å². The zero-order valence-electron chi connectivity index (χ0n) is 14.6. The molecule has 2 bridgehead atoms. The van der Waals surface area contributed by atoms with Crippen LogP contribution < -0.4 is 5.32 Å². The molecule has 0 amide bonds. The Morgan fingerprint density at radius 2 is 2.08 bits per heavy atom. The first-order valence-electron chi connectivity index (χ1n) is 9.11. The van der Waals surface area contributed by atoms with E-state index in [-0.39, 0.29) is 23.2 Å². The monoisotopic (exact) mass is 375 g/mol. The second kappa shape index (κ2) is 7.23. The number of esters is 1. The van der Waals surface area contributed by atoms with Gasteiger partial charge in [-0.3, -0.25) is 9.36 Å². The fourth-order valence-corrected chi connectivity index (χ4v) is 4.59. The third-order valence-electron chi connectivity index (χ3n) is 5.55. The molecule has 5 rings (SSSR count). The first kappa shape index (κ1) is 17.3. The number of hydrogen-bond donors (Lipinski definition) is 1. The van der Waals surface area contributed by atoms with E-state index in [2.05, 4.69) is 20.3 Å². The van der Waals surface area contributed by atoms with Crippen LogP contribution in [0.5, 0.6) is 0 Å². The average molecular weight is 376 g/mol. The van der Waals surface area contributed by atoms with Crippen molar-refractivity contribution in [2.45, 2.75) is 38.6 Å². The van der Waals surface area contributed by atoms with Crippen LogP contribution in [0.2, 0.25) is 5.28 Å². The molecule has 1 N–H and O–H groups in total. The number of halogens is 1. The molecule has 2 heterocycles. The highest BCUT2D eigenvalue weighted by atomic mass is 35.5. The van der Waals surface area contributed by atoms with E-state index in [0.717, 1.165) is 25.7 Å². The zero-order chi connectivity index (χ0) is 18.1. The number of carbonyl (C=O) groups excluding carboxylic acids is 1. The van der Waals surface area contributed by atoms with Gasteiger partial charge in [-0.1, -0.05) is 0 Å². The summed E-state index contributed by atoms with van der Waals surface area (Å²) in [5.41, 5.74) is 0. The lowest BCUT2D eigenvalue weighted by Gasteiger charge is -2.47. The minimum atomic E-state index is -0.132. The van der Waals surface area contributed by atoms with Gasteiger partial charge in [0, 0.05) is 24.5 Å². The molecular formula is C18H22ClN5O2. The van der Waals surface area contributed by atoms with Crippen LogP contribution in [0.15, 0.2) is 24.8 Å². The molecule has 0 saturated heterocycles. The van der Waals surface area contributed by atoms with E-state index in [1.807, 2.05) is 13.0 Å². The fourth-order valence-electron chi connectivity index (χ4n) is 4.41. The minimum Gasteiger partial charge on any atom is -0.466 e. The second-order valence-electron chi connectivity index (χ2n) is 6.97. The lowest BCUT2D eigenvalue weighted by molar-refractivity contribution is -0.154. The van der Waals surface area contributed by atoms with E-state index in [4.69, 9.17) is 16.3 Å². The Morgan fingerprint density at radius 1 is 1.31 bits per heavy atom. The van der Waals surface area contributed by atoms with Crippen LogP contribution in [0.1, 0.15) is 32.6 Å². The molecule has 138 valence electrons. The Balaban J connectivity index is 1.61. The Bertz CT molecular complexity index is 774. The van der Waals surface area contributed by atoms with Crippen LogP contribution in [0.25, 0.3) is 5.82 Å². The van der Waals surface area contributed by atoms with Gasteiger partial charge in [0.15, 0.2) is 0 Å². The van der Waals surface area contributed by atoms with Crippen molar-refractivity contribution in [3.05, 3.63) is 30.1 Å². The molecule has 3 saturated carbocycles. The highest BCUT2D eigenvalue weighted by Gasteiger charge is 2.48. The average Bonchev–Trinajstić information content (AvgIpc) is 3.17. The highest BCUT2D eigenvalue weighted by Crippen LogP contribution is 2.46. The number of hydrogen-bond acceptors (Lipinski definition) is 6. The number of anilines is 1. The fraction of sp³-hybridized carbons (Fsp3) is 0.556. The molecule has 0 spiro atoms. The number of rotatable bonds is 5. The predicted molar refractivity (Wildman–Crippen MR) is 97.1 cm³/mol. The summed E-state index contributed by atoms with van der Waals surface area (Å²) >= 11 is 6.12. The van der Waals surface area contributed by atoms with Crippen LogP contribution in [0, 0.1) is 17.8 Å². The van der Waals surface area contributed by atoms with Gasteiger partial charge in [0.25, 0.3) is 0 Å². The van der Waals surface area contributed by atoms with Gasteiger partial charge >= 0.3 is 5.97 Å². The molecule has 7 nitrogen and oxygen atoms in total. The quantitative estimate of drug-likeness (QED) is 0.638. The van der Waals surface area contributed by atoms with Gasteiger partial charge in [0.05, 0.1) is 12.5 Å². The van der Waals surface area contributed by atoms with Crippen molar-refractivity contribution in [2.75, 3.05) is 11.9 Å². The van der Waals surface area contributed by atoms with Crippen LogP contribution in [0.4, 0.5) is 5.82 Å². The summed E-state index contributed by atoms with van der Waals surface area (Å²) in [6.07, 6.45) is 9.59. The van der Waals surface area contributed by atoms with Crippen molar-refractivity contribution >= 4 is 23.4 Å². The number of nitrogens with zero attached hydrogens (tertiary/aromatic N) is 4. The van der Waals surface area contributed by atoms with E-state index < -0.39 is 0 Å². The molecule has 3 aliphatic carbocycles. The Kier molecular flexibility index (Phi) is 4.80. The van der Waals surface area contributed by atoms with Crippen molar-refractivity contribution in [3.8, 4) is 5.82 Å². The Morgan fingerprint density at radius 3 is 2.77 bits per heavy atom. The van der Waals surface area contributed by atoms with Crippen molar-refractivity contribution in [1.82, 2.24) is 19.5 Å². The topological polar surface area (TPSA) is 81.9 Å². The Labute approximate surface area is 157 Å². The molecule has 0 unspecified atom stereocenters. The van der Waals surface area contributed by atoms with Crippen LogP contribution in [0.3, 0.4) is 0 Å². The zero-order valence-corrected chi connectivity index (χ0v) is 15.4. The molecule has 2 atom stereocenters. The first-order valence-corrected chi connectivity index (χ1v) is 9.49. The molecule has 3 fully saturated rings. The van der Waals surface area contributed by atoms with E-state index >= 15 is 0 Å². The number of fused-ring (bicyclic) bond motifs is 3. The SMILES string of the molecule is CCOC(=O)[C@H]1C2CCC(CC2)[C@@H]1Nc1cc(-n2ccnc2)nc(Cl)n1. The van der Waals surface area contributed by atoms with Gasteiger partial charge in [0.1, 0.15) is 18.0 Å². The lowest BCUT2D eigenvalue weighted by atomic mass is 9.61. The van der Waals surface area contributed by atoms with Crippen molar-refractivity contribution in [1.29, 1.82) is 0 Å². The third-order valence-corrected chi connectivity index (χ3v) is 5.72. The van der Waals surface area contributed by atoms with Gasteiger partial charge in [-0.15, -0.1) is 0 Å². The molecule has 8 heteroatoms. The standard InChI is InChI=1S/C18H22ClN5O2/c1-2-26-17(25)15-11-3-5-12(6-4-11)16(15)21-13-9-14(23-18(19)22-13)24-8-7-20-10-24/h7-12,15-16H,2-6H2,1H3,(H,21,22,23)/t11?,12?,15-,16-/m0/s1. The molecule has 2 aromatic rings. The van der Waals surface area contributed by atoms with Gasteiger partial charge in [-0.2, -0.15) is 4.98 Å². The maximum Gasteiger partial charge on any atom is 0.311 e. The first-order chi connectivity index (χ1) is 12.7. The number of imidazole rings is 1. The summed E-state index contributed by atoms with van der Waals surface area (Å²) in [4.78, 5) is 25.2. The molecule has 26 heavy (non-hydrogen) atoms. The van der Waals surface area contributed by atoms with Crippen LogP contribution >= 0.6 is 11.6 Å². The molecule has 3 aliphatic rings. The molecule has 0 radical (unpaired) electrons. The van der Waals surface area contributed by atoms with Crippen LogP contribution in [-0.4, -0.2) is 38.1 Å². The minimum absolute atomic E-state index is 0.0168. The van der Waals surface area contributed by atoms with E-state index in [9.17, 15) is 4.79 Å². The molecular weight excluding hydrogens is 354 g/mol. The third kappa shape index (κ3) is 3.28. The summed E-state index contributed by atoms with van der Waals surface area (Å²) in [7, 11) is 0. The molecule has 0 aliphatic heterocycles. The second-order valence-corrected chi connectivity index (χ2v) is 7.31. The number of nitrogens with one attached hydrogen (secondary N) is 1. The molecule has 0 aromatic carbocycles. The summed E-state index contributed by atoms with van der Waals surface area (Å²) in [5.74, 6) is 1.85. The molecule has 2 aromatic heterocycles. The summed E-state index contributed by atoms with van der Waals surface area (Å²) in [6, 6.07) is 1.85. The van der Waals surface area contributed by atoms with Crippen molar-refractivity contribution < 1.29 is 9.53 Å². The van der Waals surface area contributed by atoms with Gasteiger partial charge in [-0.05, 0) is 56.0 Å². The maximum absolute atomic E-state index is 12.6. The van der Waals surface area contributed by atoms with E-state index in [0.29, 0.717) is 30.1 Å². The predicted octanol–water partition coefficient (Wildman–Crippen LogP) is 3.10. The maximum atomic E-state index is 12.6. The normalized spacial score (nSPS) is 27.3.